The predicted octanol–water partition coefficient (Wildman–Crippen LogP) is 7.42. The summed E-state index contributed by atoms with van der Waals surface area (Å²) in [5, 5.41) is 0. The molecule has 0 N–H and O–H groups in total. The summed E-state index contributed by atoms with van der Waals surface area (Å²) in [5.41, 5.74) is 1.27. The molecule has 0 aromatic heterocycles. The van der Waals surface area contributed by atoms with Crippen LogP contribution in [0.1, 0.15) is 89.5 Å². The molecule has 1 aromatic carbocycles. The van der Waals surface area contributed by atoms with Gasteiger partial charge in [-0.1, -0.05) is 95.0 Å². The fraction of sp³-hybridized carbons (Fsp3) is 0.652. The summed E-state index contributed by atoms with van der Waals surface area (Å²) in [4.78, 5) is 0. The molecule has 24 heavy (non-hydrogen) atoms. The molecule has 1 nitrogen and oxygen atoms in total. The van der Waals surface area contributed by atoms with E-state index in [9.17, 15) is 0 Å². The van der Waals surface area contributed by atoms with Crippen molar-refractivity contribution >= 4 is 0 Å². The highest BCUT2D eigenvalue weighted by atomic mass is 16.5. The summed E-state index contributed by atoms with van der Waals surface area (Å²) in [6.07, 6.45) is 18.8. The second kappa shape index (κ2) is 12.2. The van der Waals surface area contributed by atoms with Crippen molar-refractivity contribution in [3.05, 3.63) is 47.7 Å². The lowest BCUT2D eigenvalue weighted by Crippen LogP contribution is -1.99. The zero-order chi connectivity index (χ0) is 16.9. The van der Waals surface area contributed by atoms with Crippen molar-refractivity contribution < 1.29 is 4.74 Å². The second-order valence-electron chi connectivity index (χ2n) is 7.46. The van der Waals surface area contributed by atoms with Crippen LogP contribution in [-0.2, 0) is 11.3 Å². The summed E-state index contributed by atoms with van der Waals surface area (Å²) in [7, 11) is 0. The molecule has 1 aromatic rings. The van der Waals surface area contributed by atoms with Gasteiger partial charge in [-0.15, -0.1) is 0 Å². The van der Waals surface area contributed by atoms with Gasteiger partial charge >= 0.3 is 0 Å². The lowest BCUT2D eigenvalue weighted by Gasteiger charge is -2.14. The topological polar surface area (TPSA) is 9.23 Å². The van der Waals surface area contributed by atoms with Crippen molar-refractivity contribution in [2.75, 3.05) is 0 Å². The van der Waals surface area contributed by atoms with Gasteiger partial charge in [0.05, 0.1) is 5.76 Å². The maximum Gasteiger partial charge on any atom is 0.113 e. The van der Waals surface area contributed by atoms with Gasteiger partial charge in [-0.05, 0) is 30.4 Å². The van der Waals surface area contributed by atoms with Crippen molar-refractivity contribution in [2.45, 2.75) is 90.6 Å². The third-order valence-electron chi connectivity index (χ3n) is 5.07. The van der Waals surface area contributed by atoms with Crippen LogP contribution in [-0.4, -0.2) is 0 Å². The molecule has 1 atom stereocenters. The predicted molar refractivity (Wildman–Crippen MR) is 104 cm³/mol. The van der Waals surface area contributed by atoms with E-state index in [2.05, 4.69) is 43.3 Å². The maximum absolute atomic E-state index is 6.19. The van der Waals surface area contributed by atoms with Gasteiger partial charge in [0.1, 0.15) is 6.61 Å². The first-order chi connectivity index (χ1) is 11.8. The first-order valence-electron chi connectivity index (χ1n) is 10.2. The van der Waals surface area contributed by atoms with Crippen molar-refractivity contribution in [1.82, 2.24) is 0 Å². The Morgan fingerprint density at radius 1 is 0.792 bits per heavy atom. The van der Waals surface area contributed by atoms with Gasteiger partial charge < -0.3 is 4.74 Å². The van der Waals surface area contributed by atoms with E-state index in [1.54, 1.807) is 0 Å². The van der Waals surface area contributed by atoms with Crippen LogP contribution >= 0.6 is 0 Å². The van der Waals surface area contributed by atoms with E-state index >= 15 is 0 Å². The van der Waals surface area contributed by atoms with E-state index in [1.165, 1.54) is 82.0 Å². The van der Waals surface area contributed by atoms with Gasteiger partial charge in [0.15, 0.2) is 0 Å². The highest BCUT2D eigenvalue weighted by molar-refractivity contribution is 5.14. The molecule has 1 aliphatic carbocycles. The molecule has 0 bridgehead atoms. The van der Waals surface area contributed by atoms with Crippen molar-refractivity contribution in [2.24, 2.45) is 5.92 Å². The van der Waals surface area contributed by atoms with Crippen LogP contribution in [0.3, 0.4) is 0 Å². The molecule has 0 spiro atoms. The molecular weight excluding hydrogens is 292 g/mol. The lowest BCUT2D eigenvalue weighted by molar-refractivity contribution is 0.184. The lowest BCUT2D eigenvalue weighted by atomic mass is 10.0. The fourth-order valence-electron chi connectivity index (χ4n) is 3.53. The average molecular weight is 329 g/mol. The molecule has 0 aliphatic heterocycles. The van der Waals surface area contributed by atoms with Crippen molar-refractivity contribution in [3.63, 3.8) is 0 Å². The standard InChI is InChI=1S/C23H36O/c1-21-15-11-8-6-4-2-3-5-7-9-14-18-23(19-21)24-20-22-16-12-10-13-17-22/h10,12-13,16-17,19,21H,2-9,11,14-15,18,20H2,1H3. The average Bonchev–Trinajstić information content (AvgIpc) is 2.61. The van der Waals surface area contributed by atoms with Crippen LogP contribution in [0.15, 0.2) is 42.2 Å². The highest BCUT2D eigenvalue weighted by Gasteiger charge is 2.06. The van der Waals surface area contributed by atoms with Gasteiger partial charge in [-0.2, -0.15) is 0 Å². The van der Waals surface area contributed by atoms with E-state index in [-0.39, 0.29) is 0 Å². The molecule has 2 rings (SSSR count). The zero-order valence-corrected chi connectivity index (χ0v) is 15.6. The number of rotatable bonds is 3. The van der Waals surface area contributed by atoms with Crippen LogP contribution in [0.25, 0.3) is 0 Å². The fourth-order valence-corrected chi connectivity index (χ4v) is 3.53. The van der Waals surface area contributed by atoms with Crippen LogP contribution in [0, 0.1) is 5.92 Å². The number of benzene rings is 1. The van der Waals surface area contributed by atoms with Crippen LogP contribution < -0.4 is 0 Å². The maximum atomic E-state index is 6.19. The number of hydrogen-bond donors (Lipinski definition) is 0. The number of allylic oxidation sites excluding steroid dienone is 2. The van der Waals surface area contributed by atoms with Crippen molar-refractivity contribution in [1.29, 1.82) is 0 Å². The molecule has 134 valence electrons. The van der Waals surface area contributed by atoms with Crippen LogP contribution in [0.2, 0.25) is 0 Å². The van der Waals surface area contributed by atoms with E-state index in [0.29, 0.717) is 12.5 Å². The normalized spacial score (nSPS) is 22.0. The Kier molecular flexibility index (Phi) is 9.68. The van der Waals surface area contributed by atoms with Crippen molar-refractivity contribution in [3.8, 4) is 0 Å². The number of ether oxygens (including phenoxy) is 1. The molecule has 1 unspecified atom stereocenters. The minimum atomic E-state index is 0.640. The van der Waals surface area contributed by atoms with Gasteiger partial charge in [0.2, 0.25) is 0 Å². The molecule has 0 fully saturated rings. The van der Waals surface area contributed by atoms with Gasteiger partial charge in [0.25, 0.3) is 0 Å². The first kappa shape index (κ1) is 19.1. The van der Waals surface area contributed by atoms with E-state index in [1.807, 2.05) is 0 Å². The molecule has 1 heteroatoms. The number of hydrogen-bond acceptors (Lipinski definition) is 1. The quantitative estimate of drug-likeness (QED) is 0.561. The molecule has 0 radical (unpaired) electrons. The Hall–Kier alpha value is -1.24. The molecule has 0 amide bonds. The monoisotopic (exact) mass is 328 g/mol. The molecule has 0 saturated heterocycles. The van der Waals surface area contributed by atoms with E-state index in [0.717, 1.165) is 6.42 Å². The summed E-state index contributed by atoms with van der Waals surface area (Å²) in [6.45, 7) is 3.06. The molecule has 0 saturated carbocycles. The Labute approximate surface area is 149 Å². The van der Waals surface area contributed by atoms with Gasteiger partial charge in [-0.25, -0.2) is 0 Å². The smallest absolute Gasteiger partial charge is 0.113 e. The highest BCUT2D eigenvalue weighted by Crippen LogP contribution is 2.21. The Morgan fingerprint density at radius 3 is 2.04 bits per heavy atom. The molecule has 1 aliphatic rings. The minimum Gasteiger partial charge on any atom is -0.494 e. The van der Waals surface area contributed by atoms with Crippen LogP contribution in [0.4, 0.5) is 0 Å². The van der Waals surface area contributed by atoms with Crippen LogP contribution in [0.5, 0.6) is 0 Å². The molecule has 0 heterocycles. The molecular formula is C23H36O. The summed E-state index contributed by atoms with van der Waals surface area (Å²) < 4.78 is 6.19. The van der Waals surface area contributed by atoms with Gasteiger partial charge in [-0.3, -0.25) is 0 Å². The third kappa shape index (κ3) is 8.57. The Morgan fingerprint density at radius 2 is 1.38 bits per heavy atom. The summed E-state index contributed by atoms with van der Waals surface area (Å²) >= 11 is 0. The third-order valence-corrected chi connectivity index (χ3v) is 5.07. The van der Waals surface area contributed by atoms with E-state index < -0.39 is 0 Å². The summed E-state index contributed by atoms with van der Waals surface area (Å²) in [6, 6.07) is 10.5. The summed E-state index contributed by atoms with van der Waals surface area (Å²) in [5.74, 6) is 1.86. The van der Waals surface area contributed by atoms with E-state index in [4.69, 9.17) is 4.74 Å². The zero-order valence-electron chi connectivity index (χ0n) is 15.6. The Bertz CT molecular complexity index is 448. The first-order valence-corrected chi connectivity index (χ1v) is 10.2. The largest absolute Gasteiger partial charge is 0.494 e. The second-order valence-corrected chi connectivity index (χ2v) is 7.46. The Balaban J connectivity index is 1.87. The SMILES string of the molecule is CC1C=C(OCc2ccccc2)CCCCCCCCCCCC1. The minimum absolute atomic E-state index is 0.640. The van der Waals surface area contributed by atoms with Gasteiger partial charge in [0, 0.05) is 6.42 Å².